The summed E-state index contributed by atoms with van der Waals surface area (Å²) in [5.74, 6) is 1.41. The van der Waals surface area contributed by atoms with Gasteiger partial charge in [0.15, 0.2) is 11.5 Å². The Morgan fingerprint density at radius 1 is 1.44 bits per heavy atom. The second-order valence-corrected chi connectivity index (χ2v) is 4.02. The van der Waals surface area contributed by atoms with Crippen molar-refractivity contribution in [1.29, 1.82) is 0 Å². The van der Waals surface area contributed by atoms with Crippen molar-refractivity contribution in [1.82, 2.24) is 34.9 Å². The summed E-state index contributed by atoms with van der Waals surface area (Å²) in [6.07, 6.45) is 3.28. The number of aryl methyl sites for hydroxylation is 1. The summed E-state index contributed by atoms with van der Waals surface area (Å²) in [4.78, 5) is 8.15. The van der Waals surface area contributed by atoms with Crippen molar-refractivity contribution < 1.29 is 0 Å². The number of hydrogen-bond acceptors (Lipinski definition) is 6. The maximum absolute atomic E-state index is 5.83. The Balaban J connectivity index is 1.90. The van der Waals surface area contributed by atoms with E-state index in [1.54, 1.807) is 12.5 Å². The van der Waals surface area contributed by atoms with E-state index in [-0.39, 0.29) is 5.28 Å². The van der Waals surface area contributed by atoms with Gasteiger partial charge in [-0.3, -0.25) is 5.10 Å². The first-order valence-electron chi connectivity index (χ1n) is 5.17. The number of aromatic amines is 1. The topological polar surface area (TPSA) is 97.2 Å². The predicted molar refractivity (Wildman–Crippen MR) is 65.0 cm³/mol. The van der Waals surface area contributed by atoms with Crippen LogP contribution in [0, 0.1) is 0 Å². The Labute approximate surface area is 106 Å². The van der Waals surface area contributed by atoms with Crippen molar-refractivity contribution in [3.63, 3.8) is 0 Å². The third-order valence-electron chi connectivity index (χ3n) is 2.50. The fourth-order valence-corrected chi connectivity index (χ4v) is 1.74. The van der Waals surface area contributed by atoms with Crippen LogP contribution in [0.5, 0.6) is 0 Å². The first kappa shape index (κ1) is 10.9. The van der Waals surface area contributed by atoms with Crippen LogP contribution in [0.3, 0.4) is 0 Å². The fourth-order valence-electron chi connectivity index (χ4n) is 1.57. The number of nitrogens with zero attached hydrogens (tertiary/aromatic N) is 6. The largest absolute Gasteiger partial charge is 0.362 e. The monoisotopic (exact) mass is 264 g/mol. The van der Waals surface area contributed by atoms with E-state index in [9.17, 15) is 0 Å². The van der Waals surface area contributed by atoms with Crippen LogP contribution >= 0.6 is 11.6 Å². The second-order valence-electron chi connectivity index (χ2n) is 3.69. The third-order valence-corrected chi connectivity index (χ3v) is 2.67. The van der Waals surface area contributed by atoms with Crippen LogP contribution in [0.2, 0.25) is 5.28 Å². The smallest absolute Gasteiger partial charge is 0.226 e. The van der Waals surface area contributed by atoms with E-state index in [1.165, 1.54) is 0 Å². The predicted octanol–water partition coefficient (Wildman–Crippen LogP) is 0.747. The Hall–Kier alpha value is -2.22. The lowest BCUT2D eigenvalue weighted by atomic mass is 10.4. The van der Waals surface area contributed by atoms with Gasteiger partial charge in [-0.25, -0.2) is 0 Å². The standard InChI is InChI=1S/C9H9ClN8/c1-18-4-13-16-6(18)3-11-7-5-2-12-17-8(5)15-9(10)14-7/h2,4H,3H2,1H3,(H2,11,12,14,15,17). The van der Waals surface area contributed by atoms with E-state index >= 15 is 0 Å². The van der Waals surface area contributed by atoms with Crippen LogP contribution in [0.25, 0.3) is 11.0 Å². The zero-order chi connectivity index (χ0) is 12.5. The lowest BCUT2D eigenvalue weighted by Gasteiger charge is -2.05. The minimum absolute atomic E-state index is 0.159. The van der Waals surface area contributed by atoms with Gasteiger partial charge >= 0.3 is 0 Å². The van der Waals surface area contributed by atoms with Crippen molar-refractivity contribution in [2.45, 2.75) is 6.54 Å². The highest BCUT2D eigenvalue weighted by Gasteiger charge is 2.09. The molecule has 0 saturated heterocycles. The molecule has 0 fully saturated rings. The summed E-state index contributed by atoms with van der Waals surface area (Å²) in [5, 5.41) is 18.5. The average molecular weight is 265 g/mol. The van der Waals surface area contributed by atoms with Gasteiger partial charge in [-0.05, 0) is 11.6 Å². The maximum atomic E-state index is 5.83. The fraction of sp³-hybridized carbons (Fsp3) is 0.222. The first-order chi connectivity index (χ1) is 8.74. The lowest BCUT2D eigenvalue weighted by molar-refractivity contribution is 0.810. The summed E-state index contributed by atoms with van der Waals surface area (Å²) in [6.45, 7) is 0.490. The summed E-state index contributed by atoms with van der Waals surface area (Å²) >= 11 is 5.83. The molecule has 0 atom stereocenters. The Morgan fingerprint density at radius 2 is 2.33 bits per heavy atom. The molecule has 0 saturated carbocycles. The van der Waals surface area contributed by atoms with Crippen molar-refractivity contribution in [2.24, 2.45) is 7.05 Å². The number of halogens is 1. The van der Waals surface area contributed by atoms with E-state index in [0.29, 0.717) is 18.0 Å². The molecular weight excluding hydrogens is 256 g/mol. The Bertz CT molecular complexity index is 687. The zero-order valence-electron chi connectivity index (χ0n) is 9.42. The average Bonchev–Trinajstić information content (AvgIpc) is 2.94. The van der Waals surface area contributed by atoms with Crippen LogP contribution in [0.15, 0.2) is 12.5 Å². The SMILES string of the molecule is Cn1cnnc1CNc1nc(Cl)nc2[nH]ncc12. The lowest BCUT2D eigenvalue weighted by Crippen LogP contribution is -2.07. The van der Waals surface area contributed by atoms with E-state index in [1.807, 2.05) is 11.6 Å². The molecule has 3 aromatic heterocycles. The van der Waals surface area contributed by atoms with E-state index < -0.39 is 0 Å². The van der Waals surface area contributed by atoms with Crippen LogP contribution in [-0.2, 0) is 13.6 Å². The van der Waals surface area contributed by atoms with Crippen LogP contribution < -0.4 is 5.32 Å². The van der Waals surface area contributed by atoms with Gasteiger partial charge in [-0.1, -0.05) is 0 Å². The molecule has 0 aromatic carbocycles. The number of H-pyrrole nitrogens is 1. The van der Waals surface area contributed by atoms with Gasteiger partial charge in [-0.15, -0.1) is 10.2 Å². The number of anilines is 1. The van der Waals surface area contributed by atoms with Crippen LogP contribution in [-0.4, -0.2) is 34.9 Å². The first-order valence-corrected chi connectivity index (χ1v) is 5.55. The zero-order valence-corrected chi connectivity index (χ0v) is 10.2. The molecule has 0 aliphatic carbocycles. The molecule has 0 unspecified atom stereocenters. The van der Waals surface area contributed by atoms with Crippen molar-refractivity contribution >= 4 is 28.5 Å². The van der Waals surface area contributed by atoms with Gasteiger partial charge in [0.2, 0.25) is 5.28 Å². The minimum atomic E-state index is 0.159. The molecule has 0 amide bonds. The molecule has 8 nitrogen and oxygen atoms in total. The van der Waals surface area contributed by atoms with Gasteiger partial charge in [0.05, 0.1) is 18.1 Å². The van der Waals surface area contributed by atoms with Gasteiger partial charge in [0.25, 0.3) is 0 Å². The number of hydrogen-bond donors (Lipinski definition) is 2. The highest BCUT2D eigenvalue weighted by atomic mass is 35.5. The van der Waals surface area contributed by atoms with E-state index in [0.717, 1.165) is 11.2 Å². The molecule has 3 aromatic rings. The molecule has 9 heteroatoms. The van der Waals surface area contributed by atoms with Crippen LogP contribution in [0.4, 0.5) is 5.82 Å². The molecule has 92 valence electrons. The van der Waals surface area contributed by atoms with Gasteiger partial charge in [0, 0.05) is 7.05 Å². The number of rotatable bonds is 3. The Kier molecular flexibility index (Phi) is 2.56. The van der Waals surface area contributed by atoms with Crippen molar-refractivity contribution in [2.75, 3.05) is 5.32 Å². The van der Waals surface area contributed by atoms with Gasteiger partial charge in [-0.2, -0.15) is 15.1 Å². The molecular formula is C9H9ClN8. The van der Waals surface area contributed by atoms with E-state index in [4.69, 9.17) is 11.6 Å². The van der Waals surface area contributed by atoms with Gasteiger partial charge in [0.1, 0.15) is 12.1 Å². The summed E-state index contributed by atoms with van der Waals surface area (Å²) < 4.78 is 1.82. The highest BCUT2D eigenvalue weighted by Crippen LogP contribution is 2.20. The molecule has 18 heavy (non-hydrogen) atoms. The molecule has 3 heterocycles. The Morgan fingerprint density at radius 3 is 3.11 bits per heavy atom. The molecule has 0 bridgehead atoms. The maximum Gasteiger partial charge on any atom is 0.226 e. The number of aromatic nitrogens is 7. The molecule has 0 radical (unpaired) electrons. The third kappa shape index (κ3) is 1.86. The molecule has 0 spiro atoms. The van der Waals surface area contributed by atoms with Gasteiger partial charge < -0.3 is 9.88 Å². The molecule has 0 aliphatic heterocycles. The minimum Gasteiger partial charge on any atom is -0.362 e. The summed E-state index contributed by atoms with van der Waals surface area (Å²) in [7, 11) is 1.87. The van der Waals surface area contributed by atoms with Crippen molar-refractivity contribution in [3.05, 3.63) is 23.6 Å². The number of nitrogens with one attached hydrogen (secondary N) is 2. The van der Waals surface area contributed by atoms with Crippen molar-refractivity contribution in [3.8, 4) is 0 Å². The molecule has 3 rings (SSSR count). The highest BCUT2D eigenvalue weighted by molar-refractivity contribution is 6.28. The molecule has 0 aliphatic rings. The summed E-state index contributed by atoms with van der Waals surface area (Å²) in [6, 6.07) is 0. The normalized spacial score (nSPS) is 11.0. The van der Waals surface area contributed by atoms with E-state index in [2.05, 4.69) is 35.7 Å². The number of fused-ring (bicyclic) bond motifs is 1. The summed E-state index contributed by atoms with van der Waals surface area (Å²) in [5.41, 5.74) is 0.593. The molecule has 2 N–H and O–H groups in total. The quantitative estimate of drug-likeness (QED) is 0.678. The second kappa shape index (κ2) is 4.22. The van der Waals surface area contributed by atoms with Crippen LogP contribution in [0.1, 0.15) is 5.82 Å².